The summed E-state index contributed by atoms with van der Waals surface area (Å²) in [6.45, 7) is 3.51. The monoisotopic (exact) mass is 390 g/mol. The lowest BCUT2D eigenvalue weighted by atomic mass is 9.95. The maximum absolute atomic E-state index is 13.5. The van der Waals surface area contributed by atoms with E-state index in [-0.39, 0.29) is 17.6 Å². The van der Waals surface area contributed by atoms with Crippen LogP contribution in [0.1, 0.15) is 18.4 Å². The topological polar surface area (TPSA) is 58.1 Å². The van der Waals surface area contributed by atoms with E-state index >= 15 is 0 Å². The summed E-state index contributed by atoms with van der Waals surface area (Å²) in [5.41, 5.74) is 3.41. The number of hydrogen-bond acceptors (Lipinski definition) is 4. The highest BCUT2D eigenvalue weighted by atomic mass is 19.1. The van der Waals surface area contributed by atoms with Crippen molar-refractivity contribution in [1.82, 2.24) is 9.97 Å². The van der Waals surface area contributed by atoms with Crippen LogP contribution < -0.4 is 10.2 Å². The lowest BCUT2D eigenvalue weighted by molar-refractivity contribution is -0.120. The molecule has 3 aromatic rings. The summed E-state index contributed by atoms with van der Waals surface area (Å²) in [6, 6.07) is 16.1. The summed E-state index contributed by atoms with van der Waals surface area (Å²) in [6.07, 6.45) is 3.03. The van der Waals surface area contributed by atoms with E-state index in [2.05, 4.69) is 20.2 Å². The number of nitrogens with one attached hydrogen (secondary N) is 1. The maximum atomic E-state index is 13.5. The van der Waals surface area contributed by atoms with Gasteiger partial charge in [-0.2, -0.15) is 0 Å². The van der Waals surface area contributed by atoms with Crippen molar-refractivity contribution >= 4 is 17.4 Å². The molecule has 6 heteroatoms. The summed E-state index contributed by atoms with van der Waals surface area (Å²) in [4.78, 5) is 23.4. The van der Waals surface area contributed by atoms with Gasteiger partial charge in [0.25, 0.3) is 0 Å². The van der Waals surface area contributed by atoms with Gasteiger partial charge in [0.2, 0.25) is 5.91 Å². The van der Waals surface area contributed by atoms with Crippen LogP contribution in [0, 0.1) is 18.7 Å². The minimum Gasteiger partial charge on any atom is -0.356 e. The number of aryl methyl sites for hydroxylation is 1. The summed E-state index contributed by atoms with van der Waals surface area (Å²) >= 11 is 0. The highest BCUT2D eigenvalue weighted by molar-refractivity contribution is 5.92. The van der Waals surface area contributed by atoms with E-state index in [1.807, 2.05) is 43.3 Å². The van der Waals surface area contributed by atoms with Crippen molar-refractivity contribution < 1.29 is 9.18 Å². The number of carbonyl (C=O) groups is 1. The number of rotatable bonds is 4. The van der Waals surface area contributed by atoms with Crippen LogP contribution in [-0.4, -0.2) is 29.0 Å². The Hall–Kier alpha value is -3.28. The van der Waals surface area contributed by atoms with E-state index in [0.29, 0.717) is 5.69 Å². The zero-order valence-electron chi connectivity index (χ0n) is 16.3. The Bertz CT molecular complexity index is 998. The molecule has 4 rings (SSSR count). The first kappa shape index (κ1) is 19.1. The molecule has 0 aliphatic carbocycles. The largest absolute Gasteiger partial charge is 0.356 e. The zero-order chi connectivity index (χ0) is 20.2. The molecular formula is C23H23FN4O. The lowest BCUT2D eigenvalue weighted by Gasteiger charge is -2.32. The van der Waals surface area contributed by atoms with Crippen molar-refractivity contribution in [3.8, 4) is 11.3 Å². The molecule has 1 aliphatic rings. The summed E-state index contributed by atoms with van der Waals surface area (Å²) in [5.74, 6) is 0.563. The molecular weight excluding hydrogens is 367 g/mol. The van der Waals surface area contributed by atoms with Gasteiger partial charge in [0.1, 0.15) is 18.0 Å². The lowest BCUT2D eigenvalue weighted by Crippen LogP contribution is -2.38. The second-order valence-electron chi connectivity index (χ2n) is 7.39. The maximum Gasteiger partial charge on any atom is 0.227 e. The average molecular weight is 390 g/mol. The van der Waals surface area contributed by atoms with Crippen molar-refractivity contribution in [2.75, 3.05) is 23.3 Å². The van der Waals surface area contributed by atoms with E-state index in [9.17, 15) is 9.18 Å². The Labute approximate surface area is 169 Å². The molecule has 148 valence electrons. The molecule has 0 saturated carbocycles. The van der Waals surface area contributed by atoms with Crippen LogP contribution in [0.3, 0.4) is 0 Å². The Kier molecular flexibility index (Phi) is 5.51. The highest BCUT2D eigenvalue weighted by Gasteiger charge is 2.26. The summed E-state index contributed by atoms with van der Waals surface area (Å²) in [7, 11) is 0. The number of benzene rings is 2. The van der Waals surface area contributed by atoms with Gasteiger partial charge in [0.05, 0.1) is 5.69 Å². The Morgan fingerprint density at radius 1 is 1.07 bits per heavy atom. The predicted octanol–water partition coefficient (Wildman–Crippen LogP) is 4.45. The van der Waals surface area contributed by atoms with E-state index in [4.69, 9.17) is 0 Å². The third kappa shape index (κ3) is 4.59. The third-order valence-electron chi connectivity index (χ3n) is 5.28. The number of anilines is 2. The average Bonchev–Trinajstić information content (AvgIpc) is 2.75. The molecule has 29 heavy (non-hydrogen) atoms. The van der Waals surface area contributed by atoms with Crippen LogP contribution in [0.25, 0.3) is 11.3 Å². The number of piperidine rings is 1. The van der Waals surface area contributed by atoms with Crippen LogP contribution in [0.4, 0.5) is 15.9 Å². The Morgan fingerprint density at radius 2 is 1.83 bits per heavy atom. The van der Waals surface area contributed by atoms with Crippen molar-refractivity contribution in [3.63, 3.8) is 0 Å². The van der Waals surface area contributed by atoms with E-state index in [1.165, 1.54) is 24.0 Å². The molecule has 0 radical (unpaired) electrons. The fourth-order valence-corrected chi connectivity index (χ4v) is 3.58. The van der Waals surface area contributed by atoms with Crippen molar-refractivity contribution in [3.05, 3.63) is 72.3 Å². The standard InChI is InChI=1S/C23H23FN4O/c1-16-5-7-20(8-6-16)27-23(29)17-9-11-28(12-10-17)22-14-21(25-15-26-22)18-3-2-4-19(24)13-18/h2-8,13-15,17H,9-12H2,1H3,(H,27,29). The van der Waals surface area contributed by atoms with Gasteiger partial charge in [0.15, 0.2) is 0 Å². The number of amides is 1. The third-order valence-corrected chi connectivity index (χ3v) is 5.28. The smallest absolute Gasteiger partial charge is 0.227 e. The molecule has 5 nitrogen and oxygen atoms in total. The molecule has 1 aliphatic heterocycles. The minimum atomic E-state index is -0.289. The molecule has 2 heterocycles. The van der Waals surface area contributed by atoms with Gasteiger partial charge < -0.3 is 10.2 Å². The Balaban J connectivity index is 1.39. The second kappa shape index (κ2) is 8.39. The van der Waals surface area contributed by atoms with E-state index < -0.39 is 0 Å². The van der Waals surface area contributed by atoms with Gasteiger partial charge >= 0.3 is 0 Å². The predicted molar refractivity (Wildman–Crippen MR) is 112 cm³/mol. The van der Waals surface area contributed by atoms with Gasteiger partial charge in [0, 0.05) is 36.3 Å². The summed E-state index contributed by atoms with van der Waals surface area (Å²) in [5, 5.41) is 3.01. The fourth-order valence-electron chi connectivity index (χ4n) is 3.58. The van der Waals surface area contributed by atoms with Crippen molar-refractivity contribution in [1.29, 1.82) is 0 Å². The zero-order valence-corrected chi connectivity index (χ0v) is 16.3. The van der Waals surface area contributed by atoms with Gasteiger partial charge in [-0.25, -0.2) is 14.4 Å². The number of carbonyl (C=O) groups excluding carboxylic acids is 1. The molecule has 1 fully saturated rings. The van der Waals surface area contributed by atoms with Gasteiger partial charge in [-0.1, -0.05) is 29.8 Å². The SMILES string of the molecule is Cc1ccc(NC(=O)C2CCN(c3cc(-c4cccc(F)c4)ncn3)CC2)cc1. The number of halogens is 1. The van der Waals surface area contributed by atoms with Crippen LogP contribution in [0.2, 0.25) is 0 Å². The summed E-state index contributed by atoms with van der Waals surface area (Å²) < 4.78 is 13.5. The molecule has 1 N–H and O–H groups in total. The molecule has 1 aromatic heterocycles. The number of hydrogen-bond donors (Lipinski definition) is 1. The minimum absolute atomic E-state index is 0.0166. The first-order chi connectivity index (χ1) is 14.1. The molecule has 0 atom stereocenters. The molecule has 0 spiro atoms. The van der Waals surface area contributed by atoms with Crippen LogP contribution in [-0.2, 0) is 4.79 Å². The fraction of sp³-hybridized carbons (Fsp3) is 0.261. The van der Waals surface area contributed by atoms with Crippen molar-refractivity contribution in [2.24, 2.45) is 5.92 Å². The van der Waals surface area contributed by atoms with Crippen LogP contribution >= 0.6 is 0 Å². The quantitative estimate of drug-likeness (QED) is 0.715. The van der Waals surface area contributed by atoms with Gasteiger partial charge in [-0.3, -0.25) is 4.79 Å². The Morgan fingerprint density at radius 3 is 2.55 bits per heavy atom. The first-order valence-electron chi connectivity index (χ1n) is 9.79. The second-order valence-corrected chi connectivity index (χ2v) is 7.39. The molecule has 1 amide bonds. The van der Waals surface area contributed by atoms with Gasteiger partial charge in [-0.15, -0.1) is 0 Å². The molecule has 0 unspecified atom stereocenters. The molecule has 1 saturated heterocycles. The first-order valence-corrected chi connectivity index (χ1v) is 9.79. The van der Waals surface area contributed by atoms with Crippen molar-refractivity contribution in [2.45, 2.75) is 19.8 Å². The molecule has 2 aromatic carbocycles. The van der Waals surface area contributed by atoms with Crippen LogP contribution in [0.5, 0.6) is 0 Å². The van der Waals surface area contributed by atoms with Crippen LogP contribution in [0.15, 0.2) is 60.9 Å². The van der Waals surface area contributed by atoms with Gasteiger partial charge in [-0.05, 0) is 44.0 Å². The highest BCUT2D eigenvalue weighted by Crippen LogP contribution is 2.26. The van der Waals surface area contributed by atoms with E-state index in [0.717, 1.165) is 43.0 Å². The number of aromatic nitrogens is 2. The molecule has 0 bridgehead atoms. The number of nitrogens with zero attached hydrogens (tertiary/aromatic N) is 3. The van der Waals surface area contributed by atoms with E-state index in [1.54, 1.807) is 6.07 Å². The normalized spacial score (nSPS) is 14.6.